The van der Waals surface area contributed by atoms with Crippen molar-refractivity contribution in [2.24, 2.45) is 5.92 Å². The molecule has 0 aromatic heterocycles. The van der Waals surface area contributed by atoms with Gasteiger partial charge in [0.2, 0.25) is 0 Å². The van der Waals surface area contributed by atoms with Crippen LogP contribution in [-0.2, 0) is 11.3 Å². The molecular formula is C23H28ClN3O2S. The van der Waals surface area contributed by atoms with Crippen molar-refractivity contribution in [1.29, 1.82) is 0 Å². The van der Waals surface area contributed by atoms with Crippen molar-refractivity contribution in [3.05, 3.63) is 58.6 Å². The summed E-state index contributed by atoms with van der Waals surface area (Å²) < 4.78 is 5.03. The first-order chi connectivity index (χ1) is 14.5. The van der Waals surface area contributed by atoms with Gasteiger partial charge in [-0.05, 0) is 73.8 Å². The van der Waals surface area contributed by atoms with Gasteiger partial charge in [-0.25, -0.2) is 4.79 Å². The predicted octanol–water partition coefficient (Wildman–Crippen LogP) is 5.24. The second-order valence-corrected chi connectivity index (χ2v) is 8.40. The summed E-state index contributed by atoms with van der Waals surface area (Å²) in [5.41, 5.74) is 3.42. The second kappa shape index (κ2) is 10.6. The molecule has 2 aromatic rings. The van der Waals surface area contributed by atoms with Gasteiger partial charge in [-0.2, -0.15) is 0 Å². The largest absolute Gasteiger partial charge is 0.462 e. The first kappa shape index (κ1) is 22.4. The molecule has 0 unspecified atom stereocenters. The molecule has 0 aliphatic carbocycles. The number of hydrogen-bond donors (Lipinski definition) is 2. The van der Waals surface area contributed by atoms with Crippen LogP contribution in [-0.4, -0.2) is 30.8 Å². The molecule has 0 radical (unpaired) electrons. The van der Waals surface area contributed by atoms with Crippen LogP contribution in [0.4, 0.5) is 11.4 Å². The lowest BCUT2D eigenvalue weighted by Crippen LogP contribution is -2.34. The van der Waals surface area contributed by atoms with Gasteiger partial charge < -0.3 is 20.3 Å². The van der Waals surface area contributed by atoms with Crippen LogP contribution in [0.25, 0.3) is 0 Å². The fourth-order valence-corrected chi connectivity index (χ4v) is 3.96. The van der Waals surface area contributed by atoms with E-state index in [4.69, 9.17) is 28.6 Å². The van der Waals surface area contributed by atoms with E-state index in [0.717, 1.165) is 24.6 Å². The van der Waals surface area contributed by atoms with Crippen LogP contribution >= 0.6 is 23.8 Å². The Morgan fingerprint density at radius 3 is 2.73 bits per heavy atom. The van der Waals surface area contributed by atoms with Gasteiger partial charge in [0.15, 0.2) is 5.11 Å². The van der Waals surface area contributed by atoms with E-state index in [1.54, 1.807) is 25.1 Å². The molecule has 1 heterocycles. The number of piperidine rings is 1. The molecule has 1 aliphatic rings. The highest BCUT2D eigenvalue weighted by molar-refractivity contribution is 7.80. The molecule has 3 rings (SSSR count). The van der Waals surface area contributed by atoms with Crippen molar-refractivity contribution < 1.29 is 9.53 Å². The van der Waals surface area contributed by atoms with E-state index >= 15 is 0 Å². The van der Waals surface area contributed by atoms with Gasteiger partial charge in [-0.3, -0.25) is 0 Å². The van der Waals surface area contributed by atoms with E-state index < -0.39 is 5.97 Å². The molecule has 160 valence electrons. The maximum atomic E-state index is 12.0. The number of esters is 1. The second-order valence-electron chi connectivity index (χ2n) is 7.58. The molecule has 0 amide bonds. The van der Waals surface area contributed by atoms with Gasteiger partial charge in [0.05, 0.1) is 17.2 Å². The summed E-state index contributed by atoms with van der Waals surface area (Å²) in [5, 5.41) is 7.11. The van der Waals surface area contributed by atoms with Crippen molar-refractivity contribution in [3.8, 4) is 0 Å². The Bertz CT molecular complexity index is 889. The van der Waals surface area contributed by atoms with Gasteiger partial charge in [0.1, 0.15) is 0 Å². The molecule has 1 aliphatic heterocycles. The normalized spacial score (nSPS) is 16.1. The number of nitrogens with zero attached hydrogens (tertiary/aromatic N) is 1. The third-order valence-corrected chi connectivity index (χ3v) is 5.71. The third kappa shape index (κ3) is 6.09. The zero-order valence-electron chi connectivity index (χ0n) is 17.4. The maximum absolute atomic E-state index is 12.0. The highest BCUT2D eigenvalue weighted by Gasteiger charge is 2.16. The zero-order valence-corrected chi connectivity index (χ0v) is 19.0. The third-order valence-electron chi connectivity index (χ3n) is 5.13. The average molecular weight is 446 g/mol. The zero-order chi connectivity index (χ0) is 21.5. The van der Waals surface area contributed by atoms with Gasteiger partial charge in [-0.1, -0.05) is 30.7 Å². The lowest BCUT2D eigenvalue weighted by molar-refractivity contribution is 0.0526. The van der Waals surface area contributed by atoms with Gasteiger partial charge >= 0.3 is 5.97 Å². The molecular weight excluding hydrogens is 418 g/mol. The Balaban J connectivity index is 1.53. The molecule has 0 spiro atoms. The molecule has 1 saturated heterocycles. The molecule has 5 nitrogen and oxygen atoms in total. The fraction of sp³-hybridized carbons (Fsp3) is 0.391. The molecule has 7 heteroatoms. The number of anilines is 2. The summed E-state index contributed by atoms with van der Waals surface area (Å²) >= 11 is 11.5. The highest BCUT2D eigenvalue weighted by atomic mass is 35.5. The van der Waals surface area contributed by atoms with Crippen LogP contribution in [0.1, 0.15) is 42.6 Å². The first-order valence-corrected chi connectivity index (χ1v) is 11.1. The smallest absolute Gasteiger partial charge is 0.339 e. The number of nitrogens with one attached hydrogen (secondary N) is 2. The summed E-state index contributed by atoms with van der Waals surface area (Å²) in [4.78, 5) is 14.4. The summed E-state index contributed by atoms with van der Waals surface area (Å²) in [7, 11) is 0. The van der Waals surface area contributed by atoms with Crippen molar-refractivity contribution in [3.63, 3.8) is 0 Å². The van der Waals surface area contributed by atoms with Crippen molar-refractivity contribution in [1.82, 2.24) is 5.32 Å². The van der Waals surface area contributed by atoms with Crippen LogP contribution in [0.15, 0.2) is 42.5 Å². The van der Waals surface area contributed by atoms with E-state index in [2.05, 4.69) is 46.7 Å². The topological polar surface area (TPSA) is 53.6 Å². The van der Waals surface area contributed by atoms with Crippen LogP contribution in [0.5, 0.6) is 0 Å². The van der Waals surface area contributed by atoms with Crippen molar-refractivity contribution in [2.75, 3.05) is 29.9 Å². The Morgan fingerprint density at radius 2 is 2.03 bits per heavy atom. The number of hydrogen-bond acceptors (Lipinski definition) is 4. The van der Waals surface area contributed by atoms with E-state index in [-0.39, 0.29) is 0 Å². The highest BCUT2D eigenvalue weighted by Crippen LogP contribution is 2.24. The predicted molar refractivity (Wildman–Crippen MR) is 128 cm³/mol. The van der Waals surface area contributed by atoms with Gasteiger partial charge in [0, 0.05) is 31.0 Å². The lowest BCUT2D eigenvalue weighted by atomic mass is 9.99. The van der Waals surface area contributed by atoms with Gasteiger partial charge in [0.25, 0.3) is 0 Å². The molecule has 30 heavy (non-hydrogen) atoms. The first-order valence-electron chi connectivity index (χ1n) is 10.3. The number of halogens is 1. The quantitative estimate of drug-likeness (QED) is 0.468. The van der Waals surface area contributed by atoms with Crippen molar-refractivity contribution in [2.45, 2.75) is 33.2 Å². The van der Waals surface area contributed by atoms with Crippen LogP contribution in [0.3, 0.4) is 0 Å². The Hall–Kier alpha value is -2.31. The summed E-state index contributed by atoms with van der Waals surface area (Å²) in [5.74, 6) is 0.300. The average Bonchev–Trinajstić information content (AvgIpc) is 2.74. The minimum absolute atomic E-state index is 0.294. The lowest BCUT2D eigenvalue weighted by Gasteiger charge is -2.32. The molecule has 1 atom stereocenters. The maximum Gasteiger partial charge on any atom is 0.339 e. The minimum Gasteiger partial charge on any atom is -0.462 e. The number of ether oxygens (including phenoxy) is 1. The molecule has 0 saturated carbocycles. The van der Waals surface area contributed by atoms with Crippen LogP contribution in [0, 0.1) is 5.92 Å². The number of carbonyl (C=O) groups excluding carboxylic acids is 1. The number of benzene rings is 2. The van der Waals surface area contributed by atoms with Crippen molar-refractivity contribution >= 4 is 46.3 Å². The Morgan fingerprint density at radius 1 is 1.27 bits per heavy atom. The van der Waals surface area contributed by atoms with E-state index in [1.165, 1.54) is 18.5 Å². The summed E-state index contributed by atoms with van der Waals surface area (Å²) in [6, 6.07) is 13.7. The summed E-state index contributed by atoms with van der Waals surface area (Å²) in [6.07, 6.45) is 2.57. The monoisotopic (exact) mass is 445 g/mol. The summed E-state index contributed by atoms with van der Waals surface area (Å²) in [6.45, 7) is 7.23. The van der Waals surface area contributed by atoms with Crippen LogP contribution in [0.2, 0.25) is 5.02 Å². The van der Waals surface area contributed by atoms with E-state index in [9.17, 15) is 4.79 Å². The Labute approximate surface area is 188 Å². The van der Waals surface area contributed by atoms with E-state index in [1.807, 2.05) is 0 Å². The van der Waals surface area contributed by atoms with Gasteiger partial charge in [-0.15, -0.1) is 0 Å². The number of thiocarbonyl (C=S) groups is 1. The van der Waals surface area contributed by atoms with E-state index in [0.29, 0.717) is 34.5 Å². The standard InChI is InChI=1S/C23H28ClN3O2S/c1-3-29-22(28)20-13-18(8-11-21(20)24)26-23(30)25-14-17-6-9-19(10-7-17)27-12-4-5-16(2)15-27/h6-11,13,16H,3-5,12,14-15H2,1-2H3,(H2,25,26,30)/t16-/m0/s1. The number of carbonyl (C=O) groups is 1. The molecule has 2 N–H and O–H groups in total. The minimum atomic E-state index is -0.451. The molecule has 0 bridgehead atoms. The molecule has 1 fully saturated rings. The van der Waals surface area contributed by atoms with Crippen LogP contribution < -0.4 is 15.5 Å². The fourth-order valence-electron chi connectivity index (χ4n) is 3.57. The SMILES string of the molecule is CCOC(=O)c1cc(NC(=S)NCc2ccc(N3CCC[C@H](C)C3)cc2)ccc1Cl. The number of rotatable bonds is 6. The Kier molecular flexibility index (Phi) is 7.94. The molecule has 2 aromatic carbocycles.